The number of likely N-dealkylation sites (tertiary alicyclic amines) is 1. The summed E-state index contributed by atoms with van der Waals surface area (Å²) in [6.07, 6.45) is 0.734. The molecule has 1 N–H and O–H groups in total. The van der Waals surface area contributed by atoms with Gasteiger partial charge in [0, 0.05) is 54.9 Å². The van der Waals surface area contributed by atoms with E-state index < -0.39 is 32.1 Å². The van der Waals surface area contributed by atoms with Gasteiger partial charge in [0.15, 0.2) is 9.84 Å². The maximum absolute atomic E-state index is 15.2. The molecule has 1 aromatic heterocycles. The van der Waals surface area contributed by atoms with Gasteiger partial charge in [-0.2, -0.15) is 0 Å². The van der Waals surface area contributed by atoms with E-state index in [1.165, 1.54) is 35.2 Å². The van der Waals surface area contributed by atoms with Crippen LogP contribution in [0.4, 0.5) is 18.9 Å². The highest BCUT2D eigenvalue weighted by Gasteiger charge is 2.32. The van der Waals surface area contributed by atoms with Gasteiger partial charge in [-0.25, -0.2) is 26.6 Å². The van der Waals surface area contributed by atoms with Crippen LogP contribution in [0.3, 0.4) is 0 Å². The predicted molar refractivity (Wildman–Crippen MR) is 131 cm³/mol. The maximum atomic E-state index is 15.2. The Bertz CT molecular complexity index is 1300. The van der Waals surface area contributed by atoms with Crippen molar-refractivity contribution in [3.63, 3.8) is 0 Å². The zero-order chi connectivity index (χ0) is 26.5. The van der Waals surface area contributed by atoms with Gasteiger partial charge < -0.3 is 10.0 Å². The highest BCUT2D eigenvalue weighted by atomic mass is 32.2. The van der Waals surface area contributed by atoms with Crippen LogP contribution in [0.5, 0.6) is 0 Å². The zero-order valence-electron chi connectivity index (χ0n) is 19.7. The topological polar surface area (TPSA) is 90.8 Å². The second-order valence-electron chi connectivity index (χ2n) is 8.37. The van der Waals surface area contributed by atoms with Crippen LogP contribution in [-0.2, 0) is 26.9 Å². The van der Waals surface area contributed by atoms with Crippen LogP contribution < -0.4 is 4.90 Å². The minimum Gasteiger partial charge on any atom is -0.483 e. The van der Waals surface area contributed by atoms with Gasteiger partial charge in [0.1, 0.15) is 22.3 Å². The fourth-order valence-electron chi connectivity index (χ4n) is 4.24. The predicted octanol–water partition coefficient (Wildman–Crippen LogP) is 4.25. The van der Waals surface area contributed by atoms with Gasteiger partial charge in [-0.1, -0.05) is 18.2 Å². The standard InChI is InChI=1S/C23H24F3N3O2S2.CH2O2/c1-15-21(9-20(25)23(22(15)26)33(30,31)13-17-12-32-14-27-17)28(2)18-7-8-29(11-18)10-16-5-3-4-6-19(16)24;2-1-3/h3-6,9,12,14,18H,7-8,10-11,13H2,1-2H3;1H,(H,2,3)/t18-;/m0./s1. The molecular weight excluding hydrogens is 515 g/mol. The lowest BCUT2D eigenvalue weighted by atomic mass is 10.1. The number of benzene rings is 2. The van der Waals surface area contributed by atoms with Crippen LogP contribution in [0, 0.1) is 24.4 Å². The summed E-state index contributed by atoms with van der Waals surface area (Å²) >= 11 is 1.21. The molecule has 36 heavy (non-hydrogen) atoms. The molecule has 2 heterocycles. The molecule has 0 spiro atoms. The van der Waals surface area contributed by atoms with Gasteiger partial charge in [-0.05, 0) is 25.5 Å². The first-order chi connectivity index (χ1) is 17.1. The van der Waals surface area contributed by atoms with E-state index in [4.69, 9.17) is 9.90 Å². The number of sulfone groups is 1. The molecule has 194 valence electrons. The molecule has 1 aliphatic heterocycles. The Hall–Kier alpha value is -2.96. The fraction of sp³-hybridized carbons (Fsp3) is 0.333. The Morgan fingerprint density at radius 2 is 1.94 bits per heavy atom. The first-order valence-electron chi connectivity index (χ1n) is 10.9. The number of anilines is 1. The summed E-state index contributed by atoms with van der Waals surface area (Å²) in [5.41, 5.74) is 2.69. The molecule has 1 atom stereocenters. The van der Waals surface area contributed by atoms with Gasteiger partial charge in [0.05, 0.1) is 17.0 Å². The van der Waals surface area contributed by atoms with Crippen molar-refractivity contribution >= 4 is 33.3 Å². The molecule has 4 rings (SSSR count). The number of hydrogen-bond donors (Lipinski definition) is 1. The highest BCUT2D eigenvalue weighted by molar-refractivity contribution is 7.90. The smallest absolute Gasteiger partial charge is 0.290 e. The molecule has 1 fully saturated rings. The third kappa shape index (κ3) is 6.23. The lowest BCUT2D eigenvalue weighted by Crippen LogP contribution is -2.35. The van der Waals surface area contributed by atoms with Gasteiger partial charge in [-0.15, -0.1) is 11.3 Å². The van der Waals surface area contributed by atoms with Gasteiger partial charge in [0.2, 0.25) is 0 Å². The average Bonchev–Trinajstić information content (AvgIpc) is 3.50. The molecule has 1 aliphatic rings. The number of halogens is 3. The SMILES string of the molecule is Cc1c(N(C)[C@H]2CCN(Cc3ccccc3F)C2)cc(F)c(S(=O)(=O)Cc2cscn2)c1F.O=CO. The first-order valence-corrected chi connectivity index (χ1v) is 13.5. The van der Waals surface area contributed by atoms with E-state index in [0.717, 1.165) is 12.5 Å². The van der Waals surface area contributed by atoms with Gasteiger partial charge >= 0.3 is 0 Å². The molecule has 3 aromatic rings. The largest absolute Gasteiger partial charge is 0.483 e. The van der Waals surface area contributed by atoms with Crippen molar-refractivity contribution in [2.24, 2.45) is 0 Å². The first kappa shape index (κ1) is 27.6. The number of rotatable bonds is 7. The van der Waals surface area contributed by atoms with E-state index in [2.05, 4.69) is 9.88 Å². The lowest BCUT2D eigenvalue weighted by molar-refractivity contribution is -0.122. The van der Waals surface area contributed by atoms with Gasteiger partial charge in [0.25, 0.3) is 6.47 Å². The Labute approximate surface area is 211 Å². The summed E-state index contributed by atoms with van der Waals surface area (Å²) in [6.45, 7) is 2.96. The van der Waals surface area contributed by atoms with Crippen LogP contribution >= 0.6 is 11.3 Å². The summed E-state index contributed by atoms with van der Waals surface area (Å²) in [5.74, 6) is -3.01. The van der Waals surface area contributed by atoms with Crippen molar-refractivity contribution < 1.29 is 31.5 Å². The molecule has 7 nitrogen and oxygen atoms in total. The number of hydrogen-bond acceptors (Lipinski definition) is 7. The van der Waals surface area contributed by atoms with E-state index in [-0.39, 0.29) is 29.6 Å². The quantitative estimate of drug-likeness (QED) is 0.447. The fourth-order valence-corrected chi connectivity index (χ4v) is 6.38. The number of nitrogens with zero attached hydrogens (tertiary/aromatic N) is 3. The second-order valence-corrected chi connectivity index (χ2v) is 11.0. The summed E-state index contributed by atoms with van der Waals surface area (Å²) in [4.78, 5) is 15.2. The summed E-state index contributed by atoms with van der Waals surface area (Å²) in [6, 6.07) is 7.64. The van der Waals surface area contributed by atoms with Crippen molar-refractivity contribution in [3.8, 4) is 0 Å². The zero-order valence-corrected chi connectivity index (χ0v) is 21.3. The minimum absolute atomic E-state index is 0.0493. The van der Waals surface area contributed by atoms with Crippen LogP contribution in [0.1, 0.15) is 23.2 Å². The Morgan fingerprint density at radius 1 is 1.25 bits per heavy atom. The van der Waals surface area contributed by atoms with Crippen molar-refractivity contribution in [2.75, 3.05) is 25.0 Å². The molecule has 0 unspecified atom stereocenters. The molecule has 1 saturated heterocycles. The summed E-state index contributed by atoms with van der Waals surface area (Å²) in [5, 5.41) is 8.43. The van der Waals surface area contributed by atoms with E-state index in [1.807, 2.05) is 0 Å². The van der Waals surface area contributed by atoms with Crippen LogP contribution in [0.15, 0.2) is 46.1 Å². The van der Waals surface area contributed by atoms with Crippen LogP contribution in [-0.4, -0.2) is 56.1 Å². The Morgan fingerprint density at radius 3 is 2.58 bits per heavy atom. The van der Waals surface area contributed by atoms with Gasteiger partial charge in [-0.3, -0.25) is 9.69 Å². The van der Waals surface area contributed by atoms with E-state index in [9.17, 15) is 17.2 Å². The Balaban J connectivity index is 0.00000115. The second kappa shape index (κ2) is 11.8. The van der Waals surface area contributed by atoms with E-state index in [0.29, 0.717) is 30.9 Å². The van der Waals surface area contributed by atoms with Crippen molar-refractivity contribution in [3.05, 3.63) is 75.5 Å². The number of carbonyl (C=O) groups is 1. The Kier molecular flexibility index (Phi) is 9.09. The number of thiazole rings is 1. The molecule has 0 bridgehead atoms. The highest BCUT2D eigenvalue weighted by Crippen LogP contribution is 2.33. The number of carboxylic acid groups (broad SMARTS) is 1. The van der Waals surface area contributed by atoms with E-state index >= 15 is 4.39 Å². The van der Waals surface area contributed by atoms with Crippen molar-refractivity contribution in [2.45, 2.75) is 36.6 Å². The summed E-state index contributed by atoms with van der Waals surface area (Å²) in [7, 11) is -2.51. The number of likely N-dealkylation sites (N-methyl/N-ethyl adjacent to an activating group) is 1. The van der Waals surface area contributed by atoms with Crippen LogP contribution in [0.25, 0.3) is 0 Å². The molecule has 0 saturated carbocycles. The molecule has 0 radical (unpaired) electrons. The molecule has 2 aromatic carbocycles. The number of aromatic nitrogens is 1. The van der Waals surface area contributed by atoms with Crippen LogP contribution in [0.2, 0.25) is 0 Å². The third-order valence-corrected chi connectivity index (χ3v) is 8.36. The monoisotopic (exact) mass is 541 g/mol. The molecule has 0 aliphatic carbocycles. The minimum atomic E-state index is -4.24. The average molecular weight is 542 g/mol. The van der Waals surface area contributed by atoms with Crippen molar-refractivity contribution in [1.82, 2.24) is 9.88 Å². The maximum Gasteiger partial charge on any atom is 0.290 e. The lowest BCUT2D eigenvalue weighted by Gasteiger charge is -2.29. The third-order valence-electron chi connectivity index (χ3n) is 6.05. The molecular formula is C24H26F3N3O4S2. The molecule has 0 amide bonds. The van der Waals surface area contributed by atoms with E-state index in [1.54, 1.807) is 30.1 Å². The van der Waals surface area contributed by atoms with Crippen molar-refractivity contribution in [1.29, 1.82) is 0 Å². The normalized spacial score (nSPS) is 15.9. The summed E-state index contributed by atoms with van der Waals surface area (Å²) < 4.78 is 69.5. The molecule has 12 heteroatoms.